The SMILES string of the molecule is Cn1cnc(S(=O)(=O)N2C[C@H](Nc3cccc(C(F)(F)F)n3)[C@@H](c3ccc(F)cc3)C2)c1. The van der Waals surface area contributed by atoms with E-state index < -0.39 is 39.7 Å². The van der Waals surface area contributed by atoms with Gasteiger partial charge in [0.25, 0.3) is 10.0 Å². The molecular weight excluding hydrogens is 450 g/mol. The van der Waals surface area contributed by atoms with E-state index in [1.54, 1.807) is 7.05 Å². The summed E-state index contributed by atoms with van der Waals surface area (Å²) in [6.07, 6.45) is -1.88. The van der Waals surface area contributed by atoms with Gasteiger partial charge in [0.2, 0.25) is 0 Å². The summed E-state index contributed by atoms with van der Waals surface area (Å²) < 4.78 is 81.4. The van der Waals surface area contributed by atoms with Gasteiger partial charge >= 0.3 is 6.18 Å². The van der Waals surface area contributed by atoms with Crippen LogP contribution in [0, 0.1) is 5.82 Å². The number of aryl methyl sites for hydroxylation is 1. The average molecular weight is 469 g/mol. The second kappa shape index (κ2) is 8.17. The molecule has 0 unspecified atom stereocenters. The molecule has 1 fully saturated rings. The van der Waals surface area contributed by atoms with Gasteiger partial charge < -0.3 is 9.88 Å². The molecule has 2 atom stereocenters. The predicted octanol–water partition coefficient (Wildman–Crippen LogP) is 3.24. The van der Waals surface area contributed by atoms with Crippen LogP contribution in [0.1, 0.15) is 17.2 Å². The van der Waals surface area contributed by atoms with Crippen LogP contribution in [0.5, 0.6) is 0 Å². The van der Waals surface area contributed by atoms with E-state index in [0.29, 0.717) is 5.56 Å². The van der Waals surface area contributed by atoms with Crippen LogP contribution in [0.4, 0.5) is 23.4 Å². The lowest BCUT2D eigenvalue weighted by Crippen LogP contribution is -2.32. The standard InChI is InChI=1S/C20H19F4N5O2S/c1-28-11-19(25-12-28)32(30,31)29-9-15(13-5-7-14(21)8-6-13)16(10-29)26-18-4-2-3-17(27-18)20(22,23)24/h2-8,11-12,15-16H,9-10H2,1H3,(H,26,27)/t15-,16+/m1/s1. The number of nitrogens with zero attached hydrogens (tertiary/aromatic N) is 4. The Bertz CT molecular complexity index is 1210. The highest BCUT2D eigenvalue weighted by Gasteiger charge is 2.41. The highest BCUT2D eigenvalue weighted by atomic mass is 32.2. The van der Waals surface area contributed by atoms with Gasteiger partial charge in [-0.1, -0.05) is 18.2 Å². The second-order valence-corrected chi connectivity index (χ2v) is 9.40. The maximum Gasteiger partial charge on any atom is 0.433 e. The molecule has 0 saturated carbocycles. The second-order valence-electron chi connectivity index (χ2n) is 7.51. The summed E-state index contributed by atoms with van der Waals surface area (Å²) in [4.78, 5) is 7.53. The van der Waals surface area contributed by atoms with Crippen LogP contribution in [-0.2, 0) is 23.2 Å². The van der Waals surface area contributed by atoms with Gasteiger partial charge in [-0.2, -0.15) is 17.5 Å². The first-order valence-corrected chi connectivity index (χ1v) is 11.0. The Kier molecular flexibility index (Phi) is 5.67. The number of rotatable bonds is 5. The number of benzene rings is 1. The molecule has 32 heavy (non-hydrogen) atoms. The molecule has 1 saturated heterocycles. The molecule has 0 bridgehead atoms. The molecule has 0 amide bonds. The third-order valence-electron chi connectivity index (χ3n) is 5.24. The van der Waals surface area contributed by atoms with Gasteiger partial charge in [0.05, 0.1) is 6.33 Å². The monoisotopic (exact) mass is 469 g/mol. The number of alkyl halides is 3. The lowest BCUT2D eigenvalue weighted by Gasteiger charge is -2.21. The van der Waals surface area contributed by atoms with Crippen molar-refractivity contribution in [1.29, 1.82) is 0 Å². The first-order chi connectivity index (χ1) is 15.0. The van der Waals surface area contributed by atoms with E-state index in [2.05, 4.69) is 15.3 Å². The third-order valence-corrected chi connectivity index (χ3v) is 6.96. The number of pyridine rings is 1. The molecule has 4 rings (SSSR count). The van der Waals surface area contributed by atoms with Crippen molar-refractivity contribution in [2.75, 3.05) is 18.4 Å². The maximum atomic E-state index is 13.4. The van der Waals surface area contributed by atoms with E-state index in [9.17, 15) is 26.0 Å². The molecule has 0 spiro atoms. The lowest BCUT2D eigenvalue weighted by molar-refractivity contribution is -0.141. The molecule has 0 radical (unpaired) electrons. The van der Waals surface area contributed by atoms with Crippen LogP contribution < -0.4 is 5.32 Å². The van der Waals surface area contributed by atoms with Crippen LogP contribution in [0.2, 0.25) is 0 Å². The van der Waals surface area contributed by atoms with Crippen molar-refractivity contribution in [3.05, 3.63) is 72.1 Å². The number of hydrogen-bond donors (Lipinski definition) is 1. The lowest BCUT2D eigenvalue weighted by atomic mass is 9.94. The molecule has 12 heteroatoms. The van der Waals surface area contributed by atoms with Crippen molar-refractivity contribution in [2.24, 2.45) is 7.05 Å². The molecule has 1 aromatic carbocycles. The molecule has 3 heterocycles. The molecule has 0 aliphatic carbocycles. The van der Waals surface area contributed by atoms with Crippen LogP contribution in [0.3, 0.4) is 0 Å². The number of imidazole rings is 1. The van der Waals surface area contributed by atoms with Crippen molar-refractivity contribution in [1.82, 2.24) is 18.8 Å². The highest BCUT2D eigenvalue weighted by Crippen LogP contribution is 2.34. The van der Waals surface area contributed by atoms with Crippen LogP contribution >= 0.6 is 0 Å². The molecule has 1 N–H and O–H groups in total. The Morgan fingerprint density at radius 2 is 1.81 bits per heavy atom. The van der Waals surface area contributed by atoms with E-state index in [0.717, 1.165) is 6.07 Å². The summed E-state index contributed by atoms with van der Waals surface area (Å²) in [7, 11) is -2.30. The predicted molar refractivity (Wildman–Crippen MR) is 108 cm³/mol. The first kappa shape index (κ1) is 22.2. The number of anilines is 1. The van der Waals surface area contributed by atoms with Crippen molar-refractivity contribution in [2.45, 2.75) is 23.2 Å². The summed E-state index contributed by atoms with van der Waals surface area (Å²) in [6, 6.07) is 8.44. The largest absolute Gasteiger partial charge is 0.433 e. The maximum absolute atomic E-state index is 13.4. The minimum absolute atomic E-state index is 0.0289. The van der Waals surface area contributed by atoms with Crippen LogP contribution in [0.25, 0.3) is 0 Å². The zero-order chi connectivity index (χ0) is 23.1. The zero-order valence-electron chi connectivity index (χ0n) is 16.8. The topological polar surface area (TPSA) is 80.1 Å². The van der Waals surface area contributed by atoms with E-state index in [-0.39, 0.29) is 23.9 Å². The quantitative estimate of drug-likeness (QED) is 0.581. The van der Waals surface area contributed by atoms with E-state index in [1.807, 2.05) is 0 Å². The Balaban J connectivity index is 1.66. The summed E-state index contributed by atoms with van der Waals surface area (Å²) in [6.45, 7) is 0.0139. The average Bonchev–Trinajstić information content (AvgIpc) is 3.36. The van der Waals surface area contributed by atoms with Crippen molar-refractivity contribution in [3.63, 3.8) is 0 Å². The Labute approximate surface area is 181 Å². The number of aromatic nitrogens is 3. The number of halogens is 4. The van der Waals surface area contributed by atoms with Gasteiger partial charge in [0.1, 0.15) is 17.3 Å². The van der Waals surface area contributed by atoms with Gasteiger partial charge in [-0.25, -0.2) is 22.8 Å². The summed E-state index contributed by atoms with van der Waals surface area (Å²) in [5, 5.41) is 2.81. The van der Waals surface area contributed by atoms with Gasteiger partial charge in [-0.15, -0.1) is 0 Å². The van der Waals surface area contributed by atoms with Crippen LogP contribution in [-0.4, -0.2) is 46.4 Å². The molecule has 1 aliphatic rings. The fourth-order valence-electron chi connectivity index (χ4n) is 3.68. The molecular formula is C20H19F4N5O2S. The number of hydrogen-bond acceptors (Lipinski definition) is 5. The van der Waals surface area contributed by atoms with Gasteiger partial charge in [-0.3, -0.25) is 0 Å². The molecule has 170 valence electrons. The molecule has 2 aromatic heterocycles. The van der Waals surface area contributed by atoms with Crippen LogP contribution in [0.15, 0.2) is 60.0 Å². The van der Waals surface area contributed by atoms with Gasteiger partial charge in [-0.05, 0) is 29.8 Å². The fourth-order valence-corrected chi connectivity index (χ4v) is 5.13. The van der Waals surface area contributed by atoms with Crippen molar-refractivity contribution < 1.29 is 26.0 Å². The minimum atomic E-state index is -4.61. The first-order valence-electron chi connectivity index (χ1n) is 9.58. The number of nitrogens with one attached hydrogen (secondary N) is 1. The van der Waals surface area contributed by atoms with Crippen molar-refractivity contribution in [3.8, 4) is 0 Å². The Morgan fingerprint density at radius 3 is 2.44 bits per heavy atom. The zero-order valence-corrected chi connectivity index (χ0v) is 17.6. The van der Waals surface area contributed by atoms with E-state index in [1.165, 1.54) is 57.8 Å². The van der Waals surface area contributed by atoms with Crippen molar-refractivity contribution >= 4 is 15.8 Å². The smallest absolute Gasteiger partial charge is 0.365 e. The van der Waals surface area contributed by atoms with Gasteiger partial charge in [0, 0.05) is 38.3 Å². The summed E-state index contributed by atoms with van der Waals surface area (Å²) in [5.74, 6) is -0.937. The minimum Gasteiger partial charge on any atom is -0.365 e. The van der Waals surface area contributed by atoms with Gasteiger partial charge in [0.15, 0.2) is 5.03 Å². The molecule has 3 aromatic rings. The molecule has 7 nitrogen and oxygen atoms in total. The Hall–Kier alpha value is -2.99. The van der Waals surface area contributed by atoms with E-state index >= 15 is 0 Å². The fraction of sp³-hybridized carbons (Fsp3) is 0.300. The summed E-state index contributed by atoms with van der Waals surface area (Å²) >= 11 is 0. The third kappa shape index (κ3) is 4.46. The summed E-state index contributed by atoms with van der Waals surface area (Å²) in [5.41, 5.74) is -0.411. The molecule has 1 aliphatic heterocycles. The highest BCUT2D eigenvalue weighted by molar-refractivity contribution is 7.89. The number of sulfonamides is 1. The normalized spacial score (nSPS) is 19.9. The van der Waals surface area contributed by atoms with E-state index in [4.69, 9.17) is 0 Å². The Morgan fingerprint density at radius 1 is 1.09 bits per heavy atom.